The second-order valence-electron chi connectivity index (χ2n) is 4.60. The van der Waals surface area contributed by atoms with E-state index in [1.54, 1.807) is 0 Å². The molecule has 0 saturated heterocycles. The normalized spacial score (nSPS) is 12.4. The number of rotatable bonds is 11. The molecule has 18 heavy (non-hydrogen) atoms. The Morgan fingerprint density at radius 1 is 1.17 bits per heavy atom. The van der Waals surface area contributed by atoms with Gasteiger partial charge in [0.25, 0.3) is 0 Å². The fraction of sp³-hybridized carbons (Fsp3) is 0.923. The summed E-state index contributed by atoms with van der Waals surface area (Å²) in [6.07, 6.45) is 4.49. The number of aliphatic hydroxyl groups excluding tert-OH is 2. The molecule has 0 aromatic carbocycles. The van der Waals surface area contributed by atoms with Gasteiger partial charge in [0.05, 0.1) is 13.2 Å². The molecule has 0 radical (unpaired) electrons. The van der Waals surface area contributed by atoms with Crippen molar-refractivity contribution < 1.29 is 15.0 Å². The van der Waals surface area contributed by atoms with Gasteiger partial charge in [-0.1, -0.05) is 19.8 Å². The van der Waals surface area contributed by atoms with Gasteiger partial charge in [0.1, 0.15) is 0 Å². The molecule has 0 bridgehead atoms. The molecule has 5 nitrogen and oxygen atoms in total. The highest BCUT2D eigenvalue weighted by Gasteiger charge is 2.15. The van der Waals surface area contributed by atoms with Crippen molar-refractivity contribution in [2.45, 2.75) is 39.0 Å². The first-order chi connectivity index (χ1) is 8.69. The zero-order chi connectivity index (χ0) is 13.8. The standard InChI is InChI=1S/C13H28N2O3/c1-2-3-12(6-7-14)4-5-13(18)15(8-10-16)9-11-17/h12,16-17H,2-11,14H2,1H3. The van der Waals surface area contributed by atoms with Crippen LogP contribution in [-0.2, 0) is 4.79 Å². The molecule has 0 aliphatic rings. The summed E-state index contributed by atoms with van der Waals surface area (Å²) in [6.45, 7) is 3.27. The Kier molecular flexibility index (Phi) is 11.0. The number of carbonyl (C=O) groups is 1. The molecule has 0 aromatic rings. The fourth-order valence-electron chi connectivity index (χ4n) is 2.17. The van der Waals surface area contributed by atoms with Gasteiger partial charge in [0.2, 0.25) is 5.91 Å². The monoisotopic (exact) mass is 260 g/mol. The summed E-state index contributed by atoms with van der Waals surface area (Å²) in [5.74, 6) is 0.519. The van der Waals surface area contributed by atoms with Crippen molar-refractivity contribution in [1.82, 2.24) is 4.90 Å². The van der Waals surface area contributed by atoms with Crippen LogP contribution in [0.25, 0.3) is 0 Å². The quantitative estimate of drug-likeness (QED) is 0.500. The van der Waals surface area contributed by atoms with Crippen LogP contribution in [0.5, 0.6) is 0 Å². The lowest BCUT2D eigenvalue weighted by atomic mass is 9.94. The Balaban J connectivity index is 4.08. The Labute approximate surface area is 110 Å². The first kappa shape index (κ1) is 17.4. The zero-order valence-corrected chi connectivity index (χ0v) is 11.5. The topological polar surface area (TPSA) is 86.8 Å². The van der Waals surface area contributed by atoms with E-state index < -0.39 is 0 Å². The number of hydrogen-bond donors (Lipinski definition) is 3. The zero-order valence-electron chi connectivity index (χ0n) is 11.5. The molecular formula is C13H28N2O3. The highest BCUT2D eigenvalue weighted by molar-refractivity contribution is 5.76. The van der Waals surface area contributed by atoms with Crippen LogP contribution < -0.4 is 5.73 Å². The van der Waals surface area contributed by atoms with E-state index in [4.69, 9.17) is 15.9 Å². The van der Waals surface area contributed by atoms with Gasteiger partial charge in [-0.3, -0.25) is 4.79 Å². The third-order valence-electron chi connectivity index (χ3n) is 3.13. The van der Waals surface area contributed by atoms with Gasteiger partial charge < -0.3 is 20.8 Å². The predicted molar refractivity (Wildman–Crippen MR) is 72.1 cm³/mol. The molecule has 0 spiro atoms. The van der Waals surface area contributed by atoms with Crippen LogP contribution in [0.4, 0.5) is 0 Å². The van der Waals surface area contributed by atoms with E-state index in [-0.39, 0.29) is 19.1 Å². The number of nitrogens with zero attached hydrogens (tertiary/aromatic N) is 1. The van der Waals surface area contributed by atoms with Crippen molar-refractivity contribution in [1.29, 1.82) is 0 Å². The average molecular weight is 260 g/mol. The van der Waals surface area contributed by atoms with Crippen LogP contribution in [0.2, 0.25) is 0 Å². The summed E-state index contributed by atoms with van der Waals surface area (Å²) in [4.78, 5) is 13.4. The lowest BCUT2D eigenvalue weighted by Crippen LogP contribution is -2.36. The van der Waals surface area contributed by atoms with Crippen LogP contribution >= 0.6 is 0 Å². The first-order valence-corrected chi connectivity index (χ1v) is 6.89. The van der Waals surface area contributed by atoms with Gasteiger partial charge in [-0.25, -0.2) is 0 Å². The molecule has 0 aliphatic heterocycles. The van der Waals surface area contributed by atoms with Crippen molar-refractivity contribution in [3.05, 3.63) is 0 Å². The molecule has 0 aromatic heterocycles. The molecule has 4 N–H and O–H groups in total. The molecule has 0 saturated carbocycles. The summed E-state index contributed by atoms with van der Waals surface area (Å²) in [5, 5.41) is 17.7. The Hall–Kier alpha value is -0.650. The van der Waals surface area contributed by atoms with E-state index in [0.717, 1.165) is 25.7 Å². The third-order valence-corrected chi connectivity index (χ3v) is 3.13. The van der Waals surface area contributed by atoms with Gasteiger partial charge in [-0.2, -0.15) is 0 Å². The van der Waals surface area contributed by atoms with Gasteiger partial charge in [0.15, 0.2) is 0 Å². The lowest BCUT2D eigenvalue weighted by Gasteiger charge is -2.22. The van der Waals surface area contributed by atoms with Crippen molar-refractivity contribution >= 4 is 5.91 Å². The number of hydrogen-bond acceptors (Lipinski definition) is 4. The van der Waals surface area contributed by atoms with Crippen LogP contribution in [0, 0.1) is 5.92 Å². The Morgan fingerprint density at radius 2 is 1.78 bits per heavy atom. The van der Waals surface area contributed by atoms with E-state index in [1.807, 2.05) is 0 Å². The maximum atomic E-state index is 11.9. The average Bonchev–Trinajstić information content (AvgIpc) is 2.36. The maximum Gasteiger partial charge on any atom is 0.222 e. The second-order valence-corrected chi connectivity index (χ2v) is 4.60. The second kappa shape index (κ2) is 11.4. The van der Waals surface area contributed by atoms with Crippen molar-refractivity contribution in [2.75, 3.05) is 32.8 Å². The van der Waals surface area contributed by atoms with Gasteiger partial charge >= 0.3 is 0 Å². The van der Waals surface area contributed by atoms with E-state index >= 15 is 0 Å². The van der Waals surface area contributed by atoms with Crippen molar-refractivity contribution in [3.63, 3.8) is 0 Å². The summed E-state index contributed by atoms with van der Waals surface area (Å²) in [5.41, 5.74) is 5.56. The molecule has 0 heterocycles. The molecule has 1 unspecified atom stereocenters. The highest BCUT2D eigenvalue weighted by Crippen LogP contribution is 2.17. The molecular weight excluding hydrogens is 232 g/mol. The van der Waals surface area contributed by atoms with Crippen molar-refractivity contribution in [3.8, 4) is 0 Å². The molecule has 0 fully saturated rings. The van der Waals surface area contributed by atoms with E-state index in [2.05, 4.69) is 6.92 Å². The summed E-state index contributed by atoms with van der Waals surface area (Å²) < 4.78 is 0. The highest BCUT2D eigenvalue weighted by atomic mass is 16.3. The first-order valence-electron chi connectivity index (χ1n) is 6.89. The van der Waals surface area contributed by atoms with E-state index in [1.165, 1.54) is 4.90 Å². The Bertz CT molecular complexity index is 200. The minimum absolute atomic E-state index is 0.0104. The summed E-state index contributed by atoms with van der Waals surface area (Å²) in [7, 11) is 0. The number of carbonyl (C=O) groups excluding carboxylic acids is 1. The van der Waals surface area contributed by atoms with E-state index in [9.17, 15) is 4.79 Å². The van der Waals surface area contributed by atoms with E-state index in [0.29, 0.717) is 32.0 Å². The summed E-state index contributed by atoms with van der Waals surface area (Å²) >= 11 is 0. The van der Waals surface area contributed by atoms with Crippen LogP contribution in [-0.4, -0.2) is 53.9 Å². The predicted octanol–water partition coefficient (Wildman–Crippen LogP) is 0.345. The maximum absolute atomic E-state index is 11.9. The molecule has 0 rings (SSSR count). The number of nitrogens with two attached hydrogens (primary N) is 1. The summed E-state index contributed by atoms with van der Waals surface area (Å²) in [6, 6.07) is 0. The van der Waals surface area contributed by atoms with Crippen molar-refractivity contribution in [2.24, 2.45) is 11.7 Å². The third kappa shape index (κ3) is 7.63. The molecule has 0 aliphatic carbocycles. The molecule has 108 valence electrons. The minimum atomic E-state index is -0.0626. The van der Waals surface area contributed by atoms with Crippen LogP contribution in [0.1, 0.15) is 39.0 Å². The smallest absolute Gasteiger partial charge is 0.222 e. The number of aliphatic hydroxyl groups is 2. The largest absolute Gasteiger partial charge is 0.395 e. The molecule has 5 heteroatoms. The van der Waals surface area contributed by atoms with Crippen LogP contribution in [0.3, 0.4) is 0 Å². The molecule has 1 atom stereocenters. The Morgan fingerprint density at radius 3 is 2.22 bits per heavy atom. The lowest BCUT2D eigenvalue weighted by molar-refractivity contribution is -0.132. The molecule has 1 amide bonds. The SMILES string of the molecule is CCCC(CCN)CCC(=O)N(CCO)CCO. The van der Waals surface area contributed by atoms with Gasteiger partial charge in [-0.15, -0.1) is 0 Å². The van der Waals surface area contributed by atoms with Gasteiger partial charge in [-0.05, 0) is 25.3 Å². The fourth-order valence-corrected chi connectivity index (χ4v) is 2.17. The van der Waals surface area contributed by atoms with Crippen LogP contribution in [0.15, 0.2) is 0 Å². The minimum Gasteiger partial charge on any atom is -0.395 e. The number of amides is 1. The van der Waals surface area contributed by atoms with Gasteiger partial charge in [0, 0.05) is 19.5 Å².